The molecule has 0 atom stereocenters. The number of benzene rings is 2. The molecule has 0 saturated heterocycles. The Morgan fingerprint density at radius 3 is 2.64 bits per heavy atom. The minimum absolute atomic E-state index is 0.222. The molecule has 0 aliphatic heterocycles. The van der Waals surface area contributed by atoms with Gasteiger partial charge in [0.2, 0.25) is 0 Å². The van der Waals surface area contributed by atoms with Gasteiger partial charge in [0.05, 0.1) is 16.7 Å². The van der Waals surface area contributed by atoms with Gasteiger partial charge in [-0.1, -0.05) is 29.8 Å². The Bertz CT molecular complexity index is 1160. The van der Waals surface area contributed by atoms with E-state index in [1.165, 1.54) is 0 Å². The van der Waals surface area contributed by atoms with Gasteiger partial charge in [-0.25, -0.2) is 14.3 Å². The summed E-state index contributed by atoms with van der Waals surface area (Å²) in [5, 5.41) is 11.4. The van der Waals surface area contributed by atoms with Crippen LogP contribution in [-0.2, 0) is 0 Å². The normalized spacial score (nSPS) is 11.1. The van der Waals surface area contributed by atoms with E-state index in [-0.39, 0.29) is 5.15 Å². The number of halogens is 1. The standard InChI is InChI=1S/C19H11ClN2O3/c20-18-14(8-12-3-1-2-4-15(12)21-18)17-9-13-7-11(10-23)5-6-16(13)22(17)19(24)25/h1-10H,(H,24,25). The molecule has 0 amide bonds. The van der Waals surface area contributed by atoms with Crippen molar-refractivity contribution in [1.82, 2.24) is 9.55 Å². The summed E-state index contributed by atoms with van der Waals surface area (Å²) in [6.45, 7) is 0. The van der Waals surface area contributed by atoms with Crippen molar-refractivity contribution >= 4 is 45.8 Å². The summed E-state index contributed by atoms with van der Waals surface area (Å²) in [4.78, 5) is 27.2. The van der Waals surface area contributed by atoms with Gasteiger partial charge in [-0.2, -0.15) is 0 Å². The van der Waals surface area contributed by atoms with Crippen molar-refractivity contribution in [2.45, 2.75) is 0 Å². The molecule has 2 aromatic heterocycles. The topological polar surface area (TPSA) is 72.2 Å². The van der Waals surface area contributed by atoms with E-state index in [0.29, 0.717) is 27.7 Å². The smallest absolute Gasteiger partial charge is 0.416 e. The SMILES string of the molecule is O=Cc1ccc2c(c1)cc(-c1cc3ccccc3nc1Cl)n2C(=O)O. The number of carbonyl (C=O) groups is 2. The summed E-state index contributed by atoms with van der Waals surface area (Å²) >= 11 is 6.33. The lowest BCUT2D eigenvalue weighted by Crippen LogP contribution is -2.09. The number of pyridine rings is 1. The van der Waals surface area contributed by atoms with Gasteiger partial charge in [0.15, 0.2) is 0 Å². The number of fused-ring (bicyclic) bond motifs is 2. The molecule has 122 valence electrons. The van der Waals surface area contributed by atoms with E-state index < -0.39 is 6.09 Å². The Hall–Kier alpha value is -3.18. The van der Waals surface area contributed by atoms with Crippen LogP contribution in [0.1, 0.15) is 10.4 Å². The first-order chi connectivity index (χ1) is 12.1. The van der Waals surface area contributed by atoms with Crippen molar-refractivity contribution in [2.24, 2.45) is 0 Å². The van der Waals surface area contributed by atoms with Crippen LogP contribution in [-0.4, -0.2) is 27.0 Å². The van der Waals surface area contributed by atoms with Gasteiger partial charge in [-0.05, 0) is 36.4 Å². The number of nitrogens with zero attached hydrogens (tertiary/aromatic N) is 2. The minimum atomic E-state index is -1.13. The van der Waals surface area contributed by atoms with Crippen LogP contribution < -0.4 is 0 Å². The largest absolute Gasteiger partial charge is 0.464 e. The fourth-order valence-electron chi connectivity index (χ4n) is 2.98. The van der Waals surface area contributed by atoms with Crippen LogP contribution in [0.3, 0.4) is 0 Å². The second kappa shape index (κ2) is 5.72. The minimum Gasteiger partial charge on any atom is -0.464 e. The quantitative estimate of drug-likeness (QED) is 0.414. The third kappa shape index (κ3) is 2.45. The molecule has 0 fully saturated rings. The summed E-state index contributed by atoms with van der Waals surface area (Å²) in [5.41, 5.74) is 2.62. The molecular weight excluding hydrogens is 340 g/mol. The summed E-state index contributed by atoms with van der Waals surface area (Å²) in [7, 11) is 0. The number of aromatic nitrogens is 2. The van der Waals surface area contributed by atoms with Gasteiger partial charge < -0.3 is 5.11 Å². The molecule has 2 heterocycles. The average molecular weight is 351 g/mol. The molecule has 0 spiro atoms. The molecule has 6 heteroatoms. The summed E-state index contributed by atoms with van der Waals surface area (Å²) in [6, 6.07) is 15.8. The summed E-state index contributed by atoms with van der Waals surface area (Å²) in [5.74, 6) is 0. The van der Waals surface area contributed by atoms with Crippen LogP contribution in [0.4, 0.5) is 4.79 Å². The van der Waals surface area contributed by atoms with Crippen LogP contribution >= 0.6 is 11.6 Å². The molecule has 4 rings (SSSR count). The first kappa shape index (κ1) is 15.4. The first-order valence-electron chi connectivity index (χ1n) is 7.48. The zero-order valence-electron chi connectivity index (χ0n) is 12.8. The Kier molecular flexibility index (Phi) is 3.51. The van der Waals surface area contributed by atoms with E-state index in [9.17, 15) is 14.7 Å². The molecule has 0 unspecified atom stereocenters. The predicted molar refractivity (Wildman–Crippen MR) is 96.5 cm³/mol. The van der Waals surface area contributed by atoms with E-state index in [1.807, 2.05) is 30.3 Å². The first-order valence-corrected chi connectivity index (χ1v) is 7.86. The highest BCUT2D eigenvalue weighted by Gasteiger charge is 2.19. The van der Waals surface area contributed by atoms with Crippen LogP contribution in [0.25, 0.3) is 33.1 Å². The molecule has 1 N–H and O–H groups in total. The lowest BCUT2D eigenvalue weighted by Gasteiger charge is -2.08. The van der Waals surface area contributed by atoms with Gasteiger partial charge in [0.1, 0.15) is 11.4 Å². The van der Waals surface area contributed by atoms with Crippen molar-refractivity contribution in [3.05, 3.63) is 65.3 Å². The van der Waals surface area contributed by atoms with E-state index in [4.69, 9.17) is 11.6 Å². The van der Waals surface area contributed by atoms with E-state index >= 15 is 0 Å². The number of hydrogen-bond donors (Lipinski definition) is 1. The third-order valence-electron chi connectivity index (χ3n) is 4.11. The lowest BCUT2D eigenvalue weighted by molar-refractivity contribution is 0.112. The molecule has 25 heavy (non-hydrogen) atoms. The molecule has 0 bridgehead atoms. The molecule has 5 nitrogen and oxygen atoms in total. The predicted octanol–water partition coefficient (Wildman–Crippen LogP) is 4.85. The highest BCUT2D eigenvalue weighted by atomic mass is 35.5. The number of aldehydes is 1. The van der Waals surface area contributed by atoms with Crippen molar-refractivity contribution < 1.29 is 14.7 Å². The average Bonchev–Trinajstić information content (AvgIpc) is 2.99. The number of carbonyl (C=O) groups excluding carboxylic acids is 1. The fourth-order valence-corrected chi connectivity index (χ4v) is 3.23. The van der Waals surface area contributed by atoms with E-state index in [2.05, 4.69) is 4.98 Å². The lowest BCUT2D eigenvalue weighted by atomic mass is 10.1. The van der Waals surface area contributed by atoms with Crippen molar-refractivity contribution in [2.75, 3.05) is 0 Å². The zero-order valence-corrected chi connectivity index (χ0v) is 13.6. The molecular formula is C19H11ClN2O3. The molecule has 2 aromatic carbocycles. The summed E-state index contributed by atoms with van der Waals surface area (Å²) < 4.78 is 1.15. The van der Waals surface area contributed by atoms with Gasteiger partial charge in [-0.3, -0.25) is 4.79 Å². The Morgan fingerprint density at radius 1 is 1.08 bits per heavy atom. The van der Waals surface area contributed by atoms with E-state index in [1.54, 1.807) is 24.3 Å². The maximum atomic E-state index is 11.8. The van der Waals surface area contributed by atoms with Crippen LogP contribution in [0, 0.1) is 0 Å². The fraction of sp³-hybridized carbons (Fsp3) is 0. The molecule has 0 radical (unpaired) electrons. The highest BCUT2D eigenvalue weighted by Crippen LogP contribution is 2.34. The molecule has 0 aliphatic carbocycles. The Labute approximate surface area is 147 Å². The van der Waals surface area contributed by atoms with Crippen molar-refractivity contribution in [3.63, 3.8) is 0 Å². The van der Waals surface area contributed by atoms with Crippen LogP contribution in [0.2, 0.25) is 5.15 Å². The van der Waals surface area contributed by atoms with Gasteiger partial charge >= 0.3 is 6.09 Å². The number of para-hydroxylation sites is 1. The van der Waals surface area contributed by atoms with Crippen LogP contribution in [0.15, 0.2) is 54.6 Å². The van der Waals surface area contributed by atoms with Gasteiger partial charge in [-0.15, -0.1) is 0 Å². The number of rotatable bonds is 2. The zero-order chi connectivity index (χ0) is 17.6. The monoisotopic (exact) mass is 350 g/mol. The molecule has 0 saturated carbocycles. The van der Waals surface area contributed by atoms with Crippen molar-refractivity contribution in [1.29, 1.82) is 0 Å². The third-order valence-corrected chi connectivity index (χ3v) is 4.39. The Morgan fingerprint density at radius 2 is 1.88 bits per heavy atom. The summed E-state index contributed by atoms with van der Waals surface area (Å²) in [6.07, 6.45) is -0.407. The Balaban J connectivity index is 2.06. The molecule has 4 aromatic rings. The second-order valence-electron chi connectivity index (χ2n) is 5.60. The molecule has 0 aliphatic rings. The van der Waals surface area contributed by atoms with Crippen molar-refractivity contribution in [3.8, 4) is 11.3 Å². The van der Waals surface area contributed by atoms with Gasteiger partial charge in [0.25, 0.3) is 0 Å². The highest BCUT2D eigenvalue weighted by molar-refractivity contribution is 6.32. The maximum absolute atomic E-state index is 11.8. The van der Waals surface area contributed by atoms with Crippen LogP contribution in [0.5, 0.6) is 0 Å². The number of hydrogen-bond acceptors (Lipinski definition) is 3. The second-order valence-corrected chi connectivity index (χ2v) is 5.96. The van der Waals surface area contributed by atoms with E-state index in [0.717, 1.165) is 21.8 Å². The van der Waals surface area contributed by atoms with Gasteiger partial charge in [0, 0.05) is 21.9 Å². The number of carboxylic acid groups (broad SMARTS) is 1. The maximum Gasteiger partial charge on any atom is 0.416 e.